The first-order valence-electron chi connectivity index (χ1n) is 7.26. The first kappa shape index (κ1) is 14.6. The number of benzene rings is 1. The maximum atomic E-state index is 11.0. The van der Waals surface area contributed by atoms with E-state index in [1.54, 1.807) is 19.2 Å². The average Bonchev–Trinajstić information content (AvgIpc) is 2.92. The molecule has 5 nitrogen and oxygen atoms in total. The van der Waals surface area contributed by atoms with Crippen LogP contribution in [0.2, 0.25) is 0 Å². The Labute approximate surface area is 120 Å². The third kappa shape index (κ3) is 2.71. The van der Waals surface area contributed by atoms with E-state index < -0.39 is 0 Å². The van der Waals surface area contributed by atoms with E-state index in [1.807, 2.05) is 6.07 Å². The molecule has 1 fully saturated rings. The molecule has 20 heavy (non-hydrogen) atoms. The third-order valence-electron chi connectivity index (χ3n) is 4.71. The highest BCUT2D eigenvalue weighted by molar-refractivity contribution is 5.64. The molecule has 0 saturated carbocycles. The van der Waals surface area contributed by atoms with Gasteiger partial charge in [0, 0.05) is 43.6 Å². The van der Waals surface area contributed by atoms with Crippen molar-refractivity contribution < 1.29 is 4.92 Å². The molecule has 1 aliphatic heterocycles. The minimum atomic E-state index is -0.326. The number of nitro groups is 1. The lowest BCUT2D eigenvalue weighted by Gasteiger charge is -2.27. The molecule has 0 radical (unpaired) electrons. The molecule has 0 aromatic heterocycles. The first-order chi connectivity index (χ1) is 9.53. The summed E-state index contributed by atoms with van der Waals surface area (Å²) in [6, 6.07) is 5.25. The molecular weight excluding hydrogens is 254 g/mol. The lowest BCUT2D eigenvalue weighted by Crippen LogP contribution is -2.26. The molecule has 1 N–H and O–H groups in total. The number of nitro benzene ring substituents is 1. The molecule has 0 unspecified atom stereocenters. The summed E-state index contributed by atoms with van der Waals surface area (Å²) in [5.74, 6) is 0. The van der Waals surface area contributed by atoms with Crippen LogP contribution in [0.25, 0.3) is 0 Å². The molecule has 2 rings (SSSR count). The van der Waals surface area contributed by atoms with Crippen LogP contribution >= 0.6 is 0 Å². The van der Waals surface area contributed by atoms with Gasteiger partial charge in [-0.15, -0.1) is 0 Å². The van der Waals surface area contributed by atoms with E-state index in [4.69, 9.17) is 0 Å². The molecule has 1 heterocycles. The molecule has 1 aromatic carbocycles. The molecule has 5 heteroatoms. The molecule has 0 bridgehead atoms. The Balaban J connectivity index is 2.29. The van der Waals surface area contributed by atoms with Crippen LogP contribution in [0.5, 0.6) is 0 Å². The fourth-order valence-corrected chi connectivity index (χ4v) is 3.01. The highest BCUT2D eigenvalue weighted by atomic mass is 16.6. The second-order valence-corrected chi connectivity index (χ2v) is 5.62. The summed E-state index contributed by atoms with van der Waals surface area (Å²) in [6.45, 7) is 6.44. The van der Waals surface area contributed by atoms with Crippen molar-refractivity contribution in [2.45, 2.75) is 33.1 Å². The number of hydrogen-bond donors (Lipinski definition) is 1. The van der Waals surface area contributed by atoms with Gasteiger partial charge in [-0.25, -0.2) is 0 Å². The molecule has 1 saturated heterocycles. The highest BCUT2D eigenvalue weighted by Gasteiger charge is 2.35. The van der Waals surface area contributed by atoms with Gasteiger partial charge in [-0.3, -0.25) is 10.1 Å². The number of nitrogens with one attached hydrogen (secondary N) is 1. The summed E-state index contributed by atoms with van der Waals surface area (Å²) in [5, 5.41) is 14.0. The minimum absolute atomic E-state index is 0.150. The molecule has 110 valence electrons. The predicted octanol–water partition coefficient (Wildman–Crippen LogP) is 3.65. The second kappa shape index (κ2) is 5.69. The van der Waals surface area contributed by atoms with E-state index in [-0.39, 0.29) is 10.6 Å². The van der Waals surface area contributed by atoms with Crippen LogP contribution in [0.3, 0.4) is 0 Å². The Kier molecular flexibility index (Phi) is 4.16. The van der Waals surface area contributed by atoms with Gasteiger partial charge in [0.15, 0.2) is 0 Å². The summed E-state index contributed by atoms with van der Waals surface area (Å²) in [6.07, 6.45) is 3.49. The van der Waals surface area contributed by atoms with Crippen LogP contribution in [-0.2, 0) is 0 Å². The van der Waals surface area contributed by atoms with Gasteiger partial charge in [0.2, 0.25) is 0 Å². The standard InChI is InChI=1S/C15H23N3O2/c1-4-15(5-2)6-7-17(11-15)13-8-12(16-3)9-14(10-13)18(19)20/h8-10,16H,4-7,11H2,1-3H3. The third-order valence-corrected chi connectivity index (χ3v) is 4.71. The van der Waals surface area contributed by atoms with Crippen LogP contribution in [0.4, 0.5) is 17.1 Å². The SMILES string of the molecule is CCC1(CC)CCN(c2cc(NC)cc([N+](=O)[O-])c2)C1. The van der Waals surface area contributed by atoms with Crippen molar-refractivity contribution in [3.05, 3.63) is 28.3 Å². The second-order valence-electron chi connectivity index (χ2n) is 5.62. The largest absolute Gasteiger partial charge is 0.388 e. The number of rotatable bonds is 5. The van der Waals surface area contributed by atoms with Gasteiger partial charge >= 0.3 is 0 Å². The van der Waals surface area contributed by atoms with Gasteiger partial charge in [-0.05, 0) is 30.7 Å². The maximum Gasteiger partial charge on any atom is 0.273 e. The van der Waals surface area contributed by atoms with Crippen molar-refractivity contribution in [2.75, 3.05) is 30.4 Å². The zero-order valence-corrected chi connectivity index (χ0v) is 12.5. The molecule has 0 spiro atoms. The maximum absolute atomic E-state index is 11.0. The van der Waals surface area contributed by atoms with Crippen molar-refractivity contribution in [3.8, 4) is 0 Å². The molecule has 1 aromatic rings. The fraction of sp³-hybridized carbons (Fsp3) is 0.600. The van der Waals surface area contributed by atoms with Crippen molar-refractivity contribution in [1.82, 2.24) is 0 Å². The van der Waals surface area contributed by atoms with E-state index in [9.17, 15) is 10.1 Å². The molecular formula is C15H23N3O2. The average molecular weight is 277 g/mol. The molecule has 0 aliphatic carbocycles. The zero-order valence-electron chi connectivity index (χ0n) is 12.5. The Bertz CT molecular complexity index is 498. The zero-order chi connectivity index (χ0) is 14.8. The topological polar surface area (TPSA) is 58.4 Å². The highest BCUT2D eigenvalue weighted by Crippen LogP contribution is 2.40. The van der Waals surface area contributed by atoms with Crippen LogP contribution in [-0.4, -0.2) is 25.1 Å². The van der Waals surface area contributed by atoms with Crippen molar-refractivity contribution >= 4 is 17.1 Å². The smallest absolute Gasteiger partial charge is 0.273 e. The number of non-ortho nitro benzene ring substituents is 1. The summed E-state index contributed by atoms with van der Waals surface area (Å²) >= 11 is 0. The molecule has 0 amide bonds. The van der Waals surface area contributed by atoms with Gasteiger partial charge in [0.1, 0.15) is 0 Å². The van der Waals surface area contributed by atoms with Crippen molar-refractivity contribution in [3.63, 3.8) is 0 Å². The Morgan fingerprint density at radius 3 is 2.55 bits per heavy atom. The van der Waals surface area contributed by atoms with Crippen LogP contribution in [0, 0.1) is 15.5 Å². The van der Waals surface area contributed by atoms with Gasteiger partial charge in [0.25, 0.3) is 5.69 Å². The molecule has 0 atom stereocenters. The summed E-state index contributed by atoms with van der Waals surface area (Å²) in [4.78, 5) is 13.0. The van der Waals surface area contributed by atoms with E-state index in [0.29, 0.717) is 5.41 Å². The fourth-order valence-electron chi connectivity index (χ4n) is 3.01. The van der Waals surface area contributed by atoms with Crippen LogP contribution in [0.1, 0.15) is 33.1 Å². The normalized spacial score (nSPS) is 17.2. The van der Waals surface area contributed by atoms with Crippen molar-refractivity contribution in [2.24, 2.45) is 5.41 Å². The van der Waals surface area contributed by atoms with E-state index >= 15 is 0 Å². The van der Waals surface area contributed by atoms with Crippen LogP contribution in [0.15, 0.2) is 18.2 Å². The van der Waals surface area contributed by atoms with E-state index in [0.717, 1.165) is 43.7 Å². The number of anilines is 2. The van der Waals surface area contributed by atoms with Crippen LogP contribution < -0.4 is 10.2 Å². The first-order valence-corrected chi connectivity index (χ1v) is 7.26. The molecule has 1 aliphatic rings. The minimum Gasteiger partial charge on any atom is -0.388 e. The summed E-state index contributed by atoms with van der Waals surface area (Å²) < 4.78 is 0. The van der Waals surface area contributed by atoms with Gasteiger partial charge < -0.3 is 10.2 Å². The Hall–Kier alpha value is -1.78. The number of hydrogen-bond acceptors (Lipinski definition) is 4. The Morgan fingerprint density at radius 2 is 2.05 bits per heavy atom. The monoisotopic (exact) mass is 277 g/mol. The summed E-state index contributed by atoms with van der Waals surface area (Å²) in [7, 11) is 1.79. The van der Waals surface area contributed by atoms with E-state index in [2.05, 4.69) is 24.1 Å². The lowest BCUT2D eigenvalue weighted by atomic mass is 9.82. The van der Waals surface area contributed by atoms with Gasteiger partial charge in [-0.1, -0.05) is 13.8 Å². The van der Waals surface area contributed by atoms with E-state index in [1.165, 1.54) is 0 Å². The van der Waals surface area contributed by atoms with Gasteiger partial charge in [-0.2, -0.15) is 0 Å². The predicted molar refractivity (Wildman–Crippen MR) is 82.5 cm³/mol. The van der Waals surface area contributed by atoms with Crippen molar-refractivity contribution in [1.29, 1.82) is 0 Å². The number of nitrogens with zero attached hydrogens (tertiary/aromatic N) is 2. The lowest BCUT2D eigenvalue weighted by molar-refractivity contribution is -0.384. The summed E-state index contributed by atoms with van der Waals surface area (Å²) in [5.41, 5.74) is 2.26. The van der Waals surface area contributed by atoms with Gasteiger partial charge in [0.05, 0.1) is 4.92 Å². The quantitative estimate of drug-likeness (QED) is 0.659. The Morgan fingerprint density at radius 1 is 1.35 bits per heavy atom.